The highest BCUT2D eigenvalue weighted by Gasteiger charge is 1.92. The fourth-order valence-corrected chi connectivity index (χ4v) is 1.05. The lowest BCUT2D eigenvalue weighted by Gasteiger charge is -1.89. The summed E-state index contributed by atoms with van der Waals surface area (Å²) in [7, 11) is 0. The molecule has 0 bridgehead atoms. The molecule has 1 N–H and O–H groups in total. The van der Waals surface area contributed by atoms with E-state index in [2.05, 4.69) is 29.0 Å². The van der Waals surface area contributed by atoms with Gasteiger partial charge in [0.05, 0.1) is 17.4 Å². The quantitative estimate of drug-likeness (QED) is 0.703. The average molecular weight is 205 g/mol. The zero-order valence-corrected chi connectivity index (χ0v) is 8.21. The first-order chi connectivity index (χ1) is 4.86. The van der Waals surface area contributed by atoms with Crippen molar-refractivity contribution in [3.05, 3.63) is 30.1 Å². The summed E-state index contributed by atoms with van der Waals surface area (Å²) in [6.45, 7) is 2.07. The molecule has 12 heavy (non-hydrogen) atoms. The number of aromatic amines is 1. The van der Waals surface area contributed by atoms with Crippen molar-refractivity contribution in [2.45, 2.75) is 6.92 Å². The Balaban J connectivity index is 0.000000605. The summed E-state index contributed by atoms with van der Waals surface area (Å²) in [5.41, 5.74) is 3.40. The summed E-state index contributed by atoms with van der Waals surface area (Å²) in [4.78, 5) is 7.15. The van der Waals surface area contributed by atoms with Crippen LogP contribution in [0.15, 0.2) is 24.5 Å². The molecular weight excluding hydrogens is 195 g/mol. The molecule has 1 aromatic heterocycles. The first-order valence-electron chi connectivity index (χ1n) is 3.26. The third-order valence-electron chi connectivity index (χ3n) is 1.58. The van der Waals surface area contributed by atoms with Crippen LogP contribution in [0.2, 0.25) is 0 Å². The van der Waals surface area contributed by atoms with Crippen molar-refractivity contribution in [3.8, 4) is 0 Å². The van der Waals surface area contributed by atoms with E-state index in [0.717, 1.165) is 11.0 Å². The van der Waals surface area contributed by atoms with Gasteiger partial charge in [0, 0.05) is 0 Å². The van der Waals surface area contributed by atoms with Gasteiger partial charge in [-0.1, -0.05) is 6.07 Å². The van der Waals surface area contributed by atoms with E-state index in [9.17, 15) is 0 Å². The van der Waals surface area contributed by atoms with E-state index in [1.807, 2.05) is 6.07 Å². The van der Waals surface area contributed by atoms with Crippen LogP contribution >= 0.6 is 24.8 Å². The number of H-pyrrole nitrogens is 1. The fourth-order valence-electron chi connectivity index (χ4n) is 1.05. The highest BCUT2D eigenvalue weighted by Crippen LogP contribution is 2.09. The van der Waals surface area contributed by atoms with E-state index in [1.165, 1.54) is 5.56 Å². The number of aryl methyl sites for hydroxylation is 1. The first kappa shape index (κ1) is 11.3. The normalized spacial score (nSPS) is 8.75. The van der Waals surface area contributed by atoms with Gasteiger partial charge in [0.25, 0.3) is 0 Å². The van der Waals surface area contributed by atoms with Crippen LogP contribution in [0, 0.1) is 6.92 Å². The third-order valence-corrected chi connectivity index (χ3v) is 1.58. The Morgan fingerprint density at radius 1 is 1.25 bits per heavy atom. The van der Waals surface area contributed by atoms with Crippen molar-refractivity contribution in [1.82, 2.24) is 9.97 Å². The van der Waals surface area contributed by atoms with Gasteiger partial charge in [0.15, 0.2) is 0 Å². The minimum Gasteiger partial charge on any atom is -0.345 e. The lowest BCUT2D eigenvalue weighted by Crippen LogP contribution is -1.71. The molecule has 0 saturated carbocycles. The maximum Gasteiger partial charge on any atom is 0.0931 e. The van der Waals surface area contributed by atoms with Gasteiger partial charge in [0.1, 0.15) is 0 Å². The van der Waals surface area contributed by atoms with Crippen LogP contribution in [0.5, 0.6) is 0 Å². The number of imidazole rings is 1. The SMILES string of the molecule is Cc1ccc2nc[nH]c2c1.Cl.Cl. The Bertz CT molecular complexity index is 357. The molecule has 0 radical (unpaired) electrons. The van der Waals surface area contributed by atoms with E-state index >= 15 is 0 Å². The van der Waals surface area contributed by atoms with Gasteiger partial charge in [0.2, 0.25) is 0 Å². The van der Waals surface area contributed by atoms with Gasteiger partial charge in [-0.25, -0.2) is 4.98 Å². The molecule has 66 valence electrons. The molecule has 0 unspecified atom stereocenters. The van der Waals surface area contributed by atoms with Crippen LogP contribution in [0.25, 0.3) is 11.0 Å². The molecule has 0 aliphatic carbocycles. The highest BCUT2D eigenvalue weighted by molar-refractivity contribution is 5.85. The number of hydrogen-bond acceptors (Lipinski definition) is 1. The second-order valence-corrected chi connectivity index (χ2v) is 2.42. The second kappa shape index (κ2) is 4.33. The molecule has 0 atom stereocenters. The van der Waals surface area contributed by atoms with Gasteiger partial charge in [-0.05, 0) is 24.6 Å². The molecule has 0 spiro atoms. The van der Waals surface area contributed by atoms with Crippen LogP contribution in [0.4, 0.5) is 0 Å². The molecule has 0 saturated heterocycles. The van der Waals surface area contributed by atoms with E-state index in [1.54, 1.807) is 6.33 Å². The Labute approximate surface area is 83.2 Å². The Kier molecular flexibility index (Phi) is 4.07. The zero-order chi connectivity index (χ0) is 6.97. The number of halogens is 2. The molecule has 0 aliphatic rings. The molecule has 2 aromatic rings. The van der Waals surface area contributed by atoms with Gasteiger partial charge < -0.3 is 4.98 Å². The lowest BCUT2D eigenvalue weighted by atomic mass is 10.2. The van der Waals surface area contributed by atoms with Crippen molar-refractivity contribution in [2.24, 2.45) is 0 Å². The zero-order valence-electron chi connectivity index (χ0n) is 6.57. The summed E-state index contributed by atoms with van der Waals surface area (Å²) >= 11 is 0. The van der Waals surface area contributed by atoms with Crippen molar-refractivity contribution < 1.29 is 0 Å². The molecule has 0 amide bonds. The van der Waals surface area contributed by atoms with Gasteiger partial charge >= 0.3 is 0 Å². The molecule has 2 rings (SSSR count). The molecule has 2 nitrogen and oxygen atoms in total. The highest BCUT2D eigenvalue weighted by atomic mass is 35.5. The number of aromatic nitrogens is 2. The Morgan fingerprint density at radius 2 is 2.00 bits per heavy atom. The molecule has 1 aromatic carbocycles. The van der Waals surface area contributed by atoms with Gasteiger partial charge in [-0.15, -0.1) is 24.8 Å². The summed E-state index contributed by atoms with van der Waals surface area (Å²) < 4.78 is 0. The van der Waals surface area contributed by atoms with Crippen molar-refractivity contribution >= 4 is 35.8 Å². The summed E-state index contributed by atoms with van der Waals surface area (Å²) in [5, 5.41) is 0. The maximum atomic E-state index is 4.10. The second-order valence-electron chi connectivity index (χ2n) is 2.42. The topological polar surface area (TPSA) is 28.7 Å². The first-order valence-corrected chi connectivity index (χ1v) is 3.26. The summed E-state index contributed by atoms with van der Waals surface area (Å²) in [5.74, 6) is 0. The lowest BCUT2D eigenvalue weighted by molar-refractivity contribution is 1.34. The maximum absolute atomic E-state index is 4.10. The van der Waals surface area contributed by atoms with Crippen LogP contribution < -0.4 is 0 Å². The van der Waals surface area contributed by atoms with E-state index in [4.69, 9.17) is 0 Å². The van der Waals surface area contributed by atoms with Crippen molar-refractivity contribution in [1.29, 1.82) is 0 Å². The van der Waals surface area contributed by atoms with Crippen LogP contribution in [-0.4, -0.2) is 9.97 Å². The predicted molar refractivity (Wildman–Crippen MR) is 55.3 cm³/mol. The molecule has 4 heteroatoms. The fraction of sp³-hybridized carbons (Fsp3) is 0.125. The minimum absolute atomic E-state index is 0. The molecule has 0 aliphatic heterocycles. The summed E-state index contributed by atoms with van der Waals surface area (Å²) in [6.07, 6.45) is 1.71. The third kappa shape index (κ3) is 1.90. The molecular formula is C8H10Cl2N2. The van der Waals surface area contributed by atoms with E-state index in [-0.39, 0.29) is 24.8 Å². The van der Waals surface area contributed by atoms with Crippen molar-refractivity contribution in [3.63, 3.8) is 0 Å². The number of benzene rings is 1. The largest absolute Gasteiger partial charge is 0.345 e. The minimum atomic E-state index is 0. The van der Waals surface area contributed by atoms with Crippen LogP contribution in [-0.2, 0) is 0 Å². The number of nitrogens with zero attached hydrogens (tertiary/aromatic N) is 1. The molecule has 0 fully saturated rings. The number of fused-ring (bicyclic) bond motifs is 1. The number of hydrogen-bond donors (Lipinski definition) is 1. The average Bonchev–Trinajstić information content (AvgIpc) is 2.33. The van der Waals surface area contributed by atoms with Crippen LogP contribution in [0.3, 0.4) is 0 Å². The monoisotopic (exact) mass is 204 g/mol. The van der Waals surface area contributed by atoms with E-state index in [0.29, 0.717) is 0 Å². The Hall–Kier alpha value is -0.730. The Morgan fingerprint density at radius 3 is 2.75 bits per heavy atom. The van der Waals surface area contributed by atoms with Crippen molar-refractivity contribution in [2.75, 3.05) is 0 Å². The predicted octanol–water partition coefficient (Wildman–Crippen LogP) is 2.71. The summed E-state index contributed by atoms with van der Waals surface area (Å²) in [6, 6.07) is 6.16. The van der Waals surface area contributed by atoms with E-state index < -0.39 is 0 Å². The standard InChI is InChI=1S/C8H8N2.2ClH/c1-6-2-3-7-8(4-6)10-5-9-7;;/h2-5H,1H3,(H,9,10);2*1H. The number of nitrogens with one attached hydrogen (secondary N) is 1. The smallest absolute Gasteiger partial charge is 0.0931 e. The van der Waals surface area contributed by atoms with Gasteiger partial charge in [-0.3, -0.25) is 0 Å². The van der Waals surface area contributed by atoms with Gasteiger partial charge in [-0.2, -0.15) is 0 Å². The van der Waals surface area contributed by atoms with Crippen LogP contribution in [0.1, 0.15) is 5.56 Å². The molecule has 1 heterocycles. The number of rotatable bonds is 0.